The van der Waals surface area contributed by atoms with E-state index in [0.29, 0.717) is 0 Å². The lowest BCUT2D eigenvalue weighted by Gasteiger charge is -2.09. The van der Waals surface area contributed by atoms with Crippen LogP contribution in [0, 0.1) is 5.92 Å². The minimum absolute atomic E-state index is 0.0752. The molecule has 0 aromatic heterocycles. The third-order valence-electron chi connectivity index (χ3n) is 1.79. The molecule has 1 saturated carbocycles. The molecule has 1 fully saturated rings. The van der Waals surface area contributed by atoms with E-state index in [-0.39, 0.29) is 6.04 Å². The highest BCUT2D eigenvalue weighted by molar-refractivity contribution is 7.99. The Hall–Kier alpha value is -0.380. The molecule has 0 spiro atoms. The summed E-state index contributed by atoms with van der Waals surface area (Å²) >= 11 is 1.85. The number of carbonyl (C=O) groups is 1. The van der Waals surface area contributed by atoms with Crippen molar-refractivity contribution in [1.82, 2.24) is 5.32 Å². The molecule has 0 bridgehead atoms. The van der Waals surface area contributed by atoms with Gasteiger partial charge in [-0.25, -0.2) is 4.79 Å². The molecule has 1 atom stereocenters. The molecule has 4 heteroatoms. The molecule has 1 aliphatic carbocycles. The third kappa shape index (κ3) is 4.49. The normalized spacial score (nSPS) is 18.8. The van der Waals surface area contributed by atoms with Crippen LogP contribution < -0.4 is 5.32 Å². The first-order valence-electron chi connectivity index (χ1n) is 4.25. The highest BCUT2D eigenvalue weighted by Crippen LogP contribution is 2.32. The van der Waals surface area contributed by atoms with Gasteiger partial charge in [0.2, 0.25) is 0 Å². The molecule has 0 aromatic carbocycles. The summed E-state index contributed by atoms with van der Waals surface area (Å²) in [5, 5.41) is 10.8. The van der Waals surface area contributed by atoms with Gasteiger partial charge in [-0.15, -0.1) is 0 Å². The van der Waals surface area contributed by atoms with E-state index in [4.69, 9.17) is 5.11 Å². The first-order valence-corrected chi connectivity index (χ1v) is 5.41. The predicted octanol–water partition coefficient (Wildman–Crippen LogP) is 1.79. The van der Waals surface area contributed by atoms with Gasteiger partial charge in [0, 0.05) is 11.8 Å². The Morgan fingerprint density at radius 2 is 2.42 bits per heavy atom. The van der Waals surface area contributed by atoms with Crippen LogP contribution in [-0.4, -0.2) is 28.7 Å². The van der Waals surface area contributed by atoms with Crippen LogP contribution in [0.3, 0.4) is 0 Å². The monoisotopic (exact) mass is 189 g/mol. The molecule has 0 radical (unpaired) electrons. The van der Waals surface area contributed by atoms with Gasteiger partial charge in [0.25, 0.3) is 0 Å². The molecular weight excluding hydrogens is 174 g/mol. The number of carboxylic acid groups (broad SMARTS) is 1. The number of rotatable bonds is 5. The molecular formula is C8H15NO2S. The van der Waals surface area contributed by atoms with E-state index in [0.717, 1.165) is 11.7 Å². The molecule has 0 aromatic rings. The fourth-order valence-electron chi connectivity index (χ4n) is 0.948. The molecule has 0 unspecified atom stereocenters. The number of thioether (sulfide) groups is 1. The van der Waals surface area contributed by atoms with Crippen LogP contribution in [0.15, 0.2) is 0 Å². The minimum atomic E-state index is -0.922. The summed E-state index contributed by atoms with van der Waals surface area (Å²) in [6, 6.07) is 0.0752. The number of hydrogen-bond donors (Lipinski definition) is 2. The maximum atomic E-state index is 10.2. The number of nitrogens with one attached hydrogen (secondary N) is 1. The van der Waals surface area contributed by atoms with Crippen molar-refractivity contribution in [1.29, 1.82) is 0 Å². The Labute approximate surface area is 76.9 Å². The van der Waals surface area contributed by atoms with Crippen molar-refractivity contribution in [2.75, 3.05) is 11.5 Å². The SMILES string of the molecule is C[C@H](CSCC1CC1)NC(=O)O. The third-order valence-corrected chi connectivity index (χ3v) is 3.23. The summed E-state index contributed by atoms with van der Waals surface area (Å²) in [6.45, 7) is 1.90. The smallest absolute Gasteiger partial charge is 0.404 e. The Morgan fingerprint density at radius 1 is 1.75 bits per heavy atom. The second-order valence-electron chi connectivity index (χ2n) is 3.33. The second-order valence-corrected chi connectivity index (χ2v) is 4.41. The van der Waals surface area contributed by atoms with Crippen molar-refractivity contribution < 1.29 is 9.90 Å². The Bertz CT molecular complexity index is 159. The van der Waals surface area contributed by atoms with Gasteiger partial charge < -0.3 is 10.4 Å². The van der Waals surface area contributed by atoms with Crippen LogP contribution in [0.1, 0.15) is 19.8 Å². The molecule has 0 aliphatic heterocycles. The zero-order valence-electron chi connectivity index (χ0n) is 7.25. The molecule has 1 aliphatic rings. The molecule has 0 saturated heterocycles. The maximum Gasteiger partial charge on any atom is 0.404 e. The second kappa shape index (κ2) is 4.60. The maximum absolute atomic E-state index is 10.2. The van der Waals surface area contributed by atoms with Gasteiger partial charge in [-0.2, -0.15) is 11.8 Å². The standard InChI is InChI=1S/C8H15NO2S/c1-6(9-8(10)11)4-12-5-7-2-3-7/h6-7,9H,2-5H2,1H3,(H,10,11)/t6-/m1/s1. The predicted molar refractivity (Wildman–Crippen MR) is 50.7 cm³/mol. The van der Waals surface area contributed by atoms with Crippen molar-refractivity contribution in [3.8, 4) is 0 Å². The fraction of sp³-hybridized carbons (Fsp3) is 0.875. The molecule has 12 heavy (non-hydrogen) atoms. The van der Waals surface area contributed by atoms with Crippen molar-refractivity contribution in [2.24, 2.45) is 5.92 Å². The molecule has 70 valence electrons. The van der Waals surface area contributed by atoms with Crippen LogP contribution in [0.4, 0.5) is 4.79 Å². The average Bonchev–Trinajstić information content (AvgIpc) is 2.69. The average molecular weight is 189 g/mol. The van der Waals surface area contributed by atoms with Gasteiger partial charge in [0.1, 0.15) is 0 Å². The quantitative estimate of drug-likeness (QED) is 0.693. The van der Waals surface area contributed by atoms with Gasteiger partial charge in [0.05, 0.1) is 0 Å². The summed E-state index contributed by atoms with van der Waals surface area (Å²) in [6.07, 6.45) is 1.82. The highest BCUT2D eigenvalue weighted by Gasteiger charge is 2.21. The lowest BCUT2D eigenvalue weighted by molar-refractivity contribution is 0.192. The van der Waals surface area contributed by atoms with Crippen molar-refractivity contribution >= 4 is 17.9 Å². The van der Waals surface area contributed by atoms with E-state index < -0.39 is 6.09 Å². The van der Waals surface area contributed by atoms with Crippen LogP contribution >= 0.6 is 11.8 Å². The van der Waals surface area contributed by atoms with E-state index in [1.807, 2.05) is 18.7 Å². The van der Waals surface area contributed by atoms with E-state index >= 15 is 0 Å². The topological polar surface area (TPSA) is 49.3 Å². The van der Waals surface area contributed by atoms with Gasteiger partial charge >= 0.3 is 6.09 Å². The lowest BCUT2D eigenvalue weighted by Crippen LogP contribution is -2.32. The number of amides is 1. The summed E-state index contributed by atoms with van der Waals surface area (Å²) in [4.78, 5) is 10.2. The molecule has 3 nitrogen and oxygen atoms in total. The van der Waals surface area contributed by atoms with Crippen LogP contribution in [0.2, 0.25) is 0 Å². The summed E-state index contributed by atoms with van der Waals surface area (Å²) in [7, 11) is 0. The Kier molecular flexibility index (Phi) is 3.72. The van der Waals surface area contributed by atoms with Gasteiger partial charge in [-0.1, -0.05) is 0 Å². The van der Waals surface area contributed by atoms with Crippen LogP contribution in [-0.2, 0) is 0 Å². The summed E-state index contributed by atoms with van der Waals surface area (Å²) in [5.41, 5.74) is 0. The van der Waals surface area contributed by atoms with E-state index in [2.05, 4.69) is 5.32 Å². The van der Waals surface area contributed by atoms with Crippen molar-refractivity contribution in [3.05, 3.63) is 0 Å². The van der Waals surface area contributed by atoms with Gasteiger partial charge in [-0.3, -0.25) is 0 Å². The molecule has 0 heterocycles. The molecule has 2 N–H and O–H groups in total. The Morgan fingerprint density at radius 3 is 2.92 bits per heavy atom. The van der Waals surface area contributed by atoms with Gasteiger partial charge in [0.15, 0.2) is 0 Å². The lowest BCUT2D eigenvalue weighted by atomic mass is 10.4. The summed E-state index contributed by atoms with van der Waals surface area (Å²) < 4.78 is 0. The highest BCUT2D eigenvalue weighted by atomic mass is 32.2. The molecule has 1 rings (SSSR count). The van der Waals surface area contributed by atoms with Crippen LogP contribution in [0.25, 0.3) is 0 Å². The van der Waals surface area contributed by atoms with E-state index in [1.54, 1.807) is 0 Å². The van der Waals surface area contributed by atoms with E-state index in [1.165, 1.54) is 18.6 Å². The van der Waals surface area contributed by atoms with Crippen LogP contribution in [0.5, 0.6) is 0 Å². The minimum Gasteiger partial charge on any atom is -0.465 e. The fourth-order valence-corrected chi connectivity index (χ4v) is 2.19. The first kappa shape index (κ1) is 9.71. The largest absolute Gasteiger partial charge is 0.465 e. The zero-order valence-corrected chi connectivity index (χ0v) is 8.06. The van der Waals surface area contributed by atoms with Crippen molar-refractivity contribution in [2.45, 2.75) is 25.8 Å². The molecule has 1 amide bonds. The number of hydrogen-bond acceptors (Lipinski definition) is 2. The zero-order chi connectivity index (χ0) is 8.97. The van der Waals surface area contributed by atoms with Gasteiger partial charge in [-0.05, 0) is 31.4 Å². The van der Waals surface area contributed by atoms with E-state index in [9.17, 15) is 4.79 Å². The first-order chi connectivity index (χ1) is 5.68. The Balaban J connectivity index is 1.93. The van der Waals surface area contributed by atoms with Crippen molar-refractivity contribution in [3.63, 3.8) is 0 Å². The summed E-state index contributed by atoms with van der Waals surface area (Å²) in [5.74, 6) is 3.01.